The molecule has 0 aromatic rings. The third kappa shape index (κ3) is 10.8. The van der Waals surface area contributed by atoms with E-state index in [9.17, 15) is 0 Å². The Kier molecular flexibility index (Phi) is 8.96. The summed E-state index contributed by atoms with van der Waals surface area (Å²) in [5.41, 5.74) is 2.80. The van der Waals surface area contributed by atoms with Crippen molar-refractivity contribution >= 4 is 31.4 Å². The third-order valence-electron chi connectivity index (χ3n) is 1.52. The van der Waals surface area contributed by atoms with Gasteiger partial charge in [0, 0.05) is 10.5 Å². The van der Waals surface area contributed by atoms with Gasteiger partial charge in [-0.2, -0.15) is 0 Å². The quantitative estimate of drug-likeness (QED) is 0.443. The Hall–Kier alpha value is 0.530. The van der Waals surface area contributed by atoms with Gasteiger partial charge in [0.1, 0.15) is 0 Å². The van der Waals surface area contributed by atoms with Crippen LogP contribution in [-0.4, -0.2) is 10.5 Å². The molecule has 0 N–H and O–H groups in total. The first-order chi connectivity index (χ1) is 6.91. The fraction of sp³-hybridized carbons (Fsp3) is 0.667. The van der Waals surface area contributed by atoms with E-state index in [0.29, 0.717) is 10.5 Å². The van der Waals surface area contributed by atoms with Crippen LogP contribution in [0.3, 0.4) is 0 Å². The molecule has 15 heavy (non-hydrogen) atoms. The van der Waals surface area contributed by atoms with Crippen LogP contribution in [0.5, 0.6) is 0 Å². The van der Waals surface area contributed by atoms with Crippen LogP contribution in [0.4, 0.5) is 0 Å². The molecule has 0 spiro atoms. The first-order valence-corrected chi connectivity index (χ1v) is 8.81. The van der Waals surface area contributed by atoms with Gasteiger partial charge in [-0.15, -0.1) is 0 Å². The molecular formula is C12H22S3. The second kappa shape index (κ2) is 8.66. The van der Waals surface area contributed by atoms with E-state index in [-0.39, 0.29) is 0 Å². The largest absolute Gasteiger partial charge is 0.0793 e. The molecule has 0 rings (SSSR count). The summed E-state index contributed by atoms with van der Waals surface area (Å²) in [7, 11) is 5.77. The fourth-order valence-electron chi connectivity index (χ4n) is 1.14. The maximum atomic E-state index is 2.31. The molecule has 2 unspecified atom stereocenters. The lowest BCUT2D eigenvalue weighted by Crippen LogP contribution is -1.89. The van der Waals surface area contributed by atoms with E-state index in [1.54, 1.807) is 0 Å². The van der Waals surface area contributed by atoms with Crippen LogP contribution in [-0.2, 0) is 0 Å². The SMILES string of the molecule is CC(C)=CC(C)SSSC(C)C=C(C)C. The molecule has 0 bridgehead atoms. The zero-order valence-electron chi connectivity index (χ0n) is 10.5. The highest BCUT2D eigenvalue weighted by atomic mass is 33.5. The Labute approximate surface area is 107 Å². The van der Waals surface area contributed by atoms with Gasteiger partial charge < -0.3 is 0 Å². The highest BCUT2D eigenvalue weighted by Crippen LogP contribution is 2.41. The Morgan fingerprint density at radius 2 is 1.13 bits per heavy atom. The van der Waals surface area contributed by atoms with Crippen LogP contribution >= 0.6 is 31.4 Å². The predicted molar refractivity (Wildman–Crippen MR) is 80.6 cm³/mol. The van der Waals surface area contributed by atoms with E-state index in [1.807, 2.05) is 31.4 Å². The Balaban J connectivity index is 3.71. The molecule has 0 saturated carbocycles. The van der Waals surface area contributed by atoms with E-state index in [0.717, 1.165) is 0 Å². The highest BCUT2D eigenvalue weighted by Gasteiger charge is 2.03. The van der Waals surface area contributed by atoms with Gasteiger partial charge >= 0.3 is 0 Å². The maximum absolute atomic E-state index is 2.31. The van der Waals surface area contributed by atoms with Gasteiger partial charge in [-0.25, -0.2) is 0 Å². The number of hydrogen-bond donors (Lipinski definition) is 0. The Bertz CT molecular complexity index is 199. The first-order valence-electron chi connectivity index (χ1n) is 5.20. The average Bonchev–Trinajstić information content (AvgIpc) is 2.00. The third-order valence-corrected chi connectivity index (χ3v) is 6.26. The van der Waals surface area contributed by atoms with Crippen molar-refractivity contribution in [2.75, 3.05) is 0 Å². The summed E-state index contributed by atoms with van der Waals surface area (Å²) in [5, 5.41) is 1.21. The van der Waals surface area contributed by atoms with Crippen molar-refractivity contribution in [2.24, 2.45) is 0 Å². The monoisotopic (exact) mass is 262 g/mol. The van der Waals surface area contributed by atoms with Crippen molar-refractivity contribution in [1.29, 1.82) is 0 Å². The lowest BCUT2D eigenvalue weighted by molar-refractivity contribution is 1.20. The van der Waals surface area contributed by atoms with Gasteiger partial charge in [-0.3, -0.25) is 0 Å². The molecule has 0 aliphatic carbocycles. The summed E-state index contributed by atoms with van der Waals surface area (Å²) < 4.78 is 0. The molecular weight excluding hydrogens is 240 g/mol. The summed E-state index contributed by atoms with van der Waals surface area (Å²) in [5.74, 6) is 0. The summed E-state index contributed by atoms with van der Waals surface area (Å²) in [6.45, 7) is 13.1. The zero-order chi connectivity index (χ0) is 11.8. The van der Waals surface area contributed by atoms with Crippen molar-refractivity contribution in [3.8, 4) is 0 Å². The van der Waals surface area contributed by atoms with Gasteiger partial charge in [0.2, 0.25) is 0 Å². The molecule has 88 valence electrons. The Morgan fingerprint density at radius 1 is 0.800 bits per heavy atom. The molecule has 0 aliphatic heterocycles. The van der Waals surface area contributed by atoms with Crippen molar-refractivity contribution in [2.45, 2.75) is 52.0 Å². The minimum absolute atomic E-state index is 0.603. The first kappa shape index (κ1) is 15.5. The zero-order valence-corrected chi connectivity index (χ0v) is 13.0. The minimum atomic E-state index is 0.603. The number of rotatable bonds is 6. The van der Waals surface area contributed by atoms with Gasteiger partial charge in [0.05, 0.1) is 0 Å². The summed E-state index contributed by atoms with van der Waals surface area (Å²) in [6, 6.07) is 0. The summed E-state index contributed by atoms with van der Waals surface area (Å²) >= 11 is 0. The van der Waals surface area contributed by atoms with Crippen LogP contribution in [0.15, 0.2) is 23.3 Å². The average molecular weight is 263 g/mol. The highest BCUT2D eigenvalue weighted by molar-refractivity contribution is 9.09. The smallest absolute Gasteiger partial charge is 0.0313 e. The van der Waals surface area contributed by atoms with Crippen LogP contribution in [0.25, 0.3) is 0 Å². The van der Waals surface area contributed by atoms with Crippen molar-refractivity contribution < 1.29 is 0 Å². The molecule has 0 fully saturated rings. The van der Waals surface area contributed by atoms with Crippen molar-refractivity contribution in [1.82, 2.24) is 0 Å². The Morgan fingerprint density at radius 3 is 1.40 bits per heavy atom. The van der Waals surface area contributed by atoms with E-state index in [1.165, 1.54) is 11.1 Å². The van der Waals surface area contributed by atoms with Gasteiger partial charge in [-0.1, -0.05) is 44.9 Å². The maximum Gasteiger partial charge on any atom is 0.0313 e. The van der Waals surface area contributed by atoms with Crippen molar-refractivity contribution in [3.05, 3.63) is 23.3 Å². The lowest BCUT2D eigenvalue weighted by atomic mass is 10.3. The standard InChI is InChI=1S/C12H22S3/c1-9(2)7-11(5)13-15-14-12(6)8-10(3)4/h7-8,11-12H,1-6H3. The number of allylic oxidation sites excluding steroid dienone is 2. The van der Waals surface area contributed by atoms with Crippen LogP contribution in [0.1, 0.15) is 41.5 Å². The van der Waals surface area contributed by atoms with Gasteiger partial charge in [-0.05, 0) is 51.4 Å². The summed E-state index contributed by atoms with van der Waals surface area (Å²) in [4.78, 5) is 0. The normalized spacial score (nSPS) is 14.3. The molecule has 3 heteroatoms. The molecule has 0 radical (unpaired) electrons. The van der Waals surface area contributed by atoms with E-state index >= 15 is 0 Å². The molecule has 2 atom stereocenters. The lowest BCUT2D eigenvalue weighted by Gasteiger charge is -2.08. The number of hydrogen-bond acceptors (Lipinski definition) is 3. The van der Waals surface area contributed by atoms with E-state index in [4.69, 9.17) is 0 Å². The molecule has 0 aliphatic rings. The topological polar surface area (TPSA) is 0 Å². The molecule has 0 amide bonds. The molecule has 0 saturated heterocycles. The van der Waals surface area contributed by atoms with Gasteiger partial charge in [0.25, 0.3) is 0 Å². The molecule has 0 aromatic heterocycles. The fourth-order valence-corrected chi connectivity index (χ4v) is 5.94. The van der Waals surface area contributed by atoms with Crippen LogP contribution in [0.2, 0.25) is 0 Å². The molecule has 0 nitrogen and oxygen atoms in total. The van der Waals surface area contributed by atoms with E-state index in [2.05, 4.69) is 53.7 Å². The van der Waals surface area contributed by atoms with Crippen molar-refractivity contribution in [3.63, 3.8) is 0 Å². The van der Waals surface area contributed by atoms with Crippen LogP contribution < -0.4 is 0 Å². The van der Waals surface area contributed by atoms with E-state index < -0.39 is 0 Å². The predicted octanol–water partition coefficient (Wildman–Crippen LogP) is 5.73. The van der Waals surface area contributed by atoms with Crippen LogP contribution in [0, 0.1) is 0 Å². The van der Waals surface area contributed by atoms with Gasteiger partial charge in [0.15, 0.2) is 0 Å². The molecule has 0 heterocycles. The summed E-state index contributed by atoms with van der Waals surface area (Å²) in [6.07, 6.45) is 4.62. The minimum Gasteiger partial charge on any atom is -0.0793 e. The second-order valence-electron chi connectivity index (χ2n) is 4.16. The molecule has 0 aromatic carbocycles. The second-order valence-corrected chi connectivity index (χ2v) is 8.95.